The molecule has 0 aliphatic rings. The minimum absolute atomic E-state index is 0.0251. The normalized spacial score (nSPS) is 14.1. The zero-order chi connectivity index (χ0) is 10.9. The first-order valence-electron chi connectivity index (χ1n) is 3.52. The fourth-order valence-electron chi connectivity index (χ4n) is 0.900. The first-order chi connectivity index (χ1) is 6.32. The molecule has 0 spiro atoms. The number of halogens is 5. The fourth-order valence-corrected chi connectivity index (χ4v) is 1.75. The van der Waals surface area contributed by atoms with E-state index in [1.165, 1.54) is 12.1 Å². The van der Waals surface area contributed by atoms with Crippen LogP contribution in [0.3, 0.4) is 0 Å². The first kappa shape index (κ1) is 12.4. The smallest absolute Gasteiger partial charge is 0.330 e. The Hall–Kier alpha value is 0.290. The molecular weight excluding hydrogens is 345 g/mol. The summed E-state index contributed by atoms with van der Waals surface area (Å²) in [5.74, 6) is 0. The van der Waals surface area contributed by atoms with E-state index in [0.717, 1.165) is 0 Å². The Bertz CT molecular complexity index is 341. The van der Waals surface area contributed by atoms with Crippen LogP contribution in [-0.4, -0.2) is 9.94 Å². The highest BCUT2D eigenvalue weighted by atomic mass is 79.9. The third kappa shape index (κ3) is 2.89. The Kier molecular flexibility index (Phi) is 3.91. The largest absolute Gasteiger partial charge is 0.381 e. The van der Waals surface area contributed by atoms with Crippen LogP contribution in [0.1, 0.15) is 11.7 Å². The lowest BCUT2D eigenvalue weighted by atomic mass is 10.1. The van der Waals surface area contributed by atoms with Crippen molar-refractivity contribution < 1.29 is 13.9 Å². The average molecular weight is 350 g/mol. The maximum absolute atomic E-state index is 12.7. The van der Waals surface area contributed by atoms with Gasteiger partial charge in [-0.05, 0) is 34.1 Å². The van der Waals surface area contributed by atoms with Gasteiger partial charge in [-0.1, -0.05) is 27.5 Å². The minimum atomic E-state index is -3.39. The van der Waals surface area contributed by atoms with Gasteiger partial charge in [0.2, 0.25) is 0 Å². The molecular formula is C8H5Br2ClF2O. The molecule has 1 unspecified atom stereocenters. The lowest BCUT2D eigenvalue weighted by molar-refractivity contribution is -0.0294. The van der Waals surface area contributed by atoms with Crippen LogP contribution in [0.25, 0.3) is 0 Å². The summed E-state index contributed by atoms with van der Waals surface area (Å²) in [4.78, 5) is -3.39. The Morgan fingerprint density at radius 3 is 2.50 bits per heavy atom. The number of alkyl halides is 3. The summed E-state index contributed by atoms with van der Waals surface area (Å²) in [5, 5.41) is 9.36. The van der Waals surface area contributed by atoms with Crippen LogP contribution in [0.2, 0.25) is 5.02 Å². The van der Waals surface area contributed by atoms with Crippen LogP contribution in [0.5, 0.6) is 0 Å². The molecule has 1 N–H and O–H groups in total. The van der Waals surface area contributed by atoms with Gasteiger partial charge in [-0.25, -0.2) is 0 Å². The molecule has 0 fully saturated rings. The van der Waals surface area contributed by atoms with Crippen molar-refractivity contribution in [1.82, 2.24) is 0 Å². The molecule has 14 heavy (non-hydrogen) atoms. The van der Waals surface area contributed by atoms with Crippen molar-refractivity contribution in [1.29, 1.82) is 0 Å². The molecule has 0 saturated heterocycles. The Morgan fingerprint density at radius 2 is 2.00 bits per heavy atom. The Balaban J connectivity index is 3.12. The maximum atomic E-state index is 12.7. The molecule has 0 bridgehead atoms. The van der Waals surface area contributed by atoms with E-state index >= 15 is 0 Å². The van der Waals surface area contributed by atoms with Crippen molar-refractivity contribution in [2.24, 2.45) is 0 Å². The van der Waals surface area contributed by atoms with E-state index in [1.807, 2.05) is 0 Å². The molecule has 0 aromatic heterocycles. The SMILES string of the molecule is OC(c1cc(Br)ccc1Cl)C(F)(F)Br. The third-order valence-corrected chi connectivity index (χ3v) is 2.83. The van der Waals surface area contributed by atoms with Gasteiger partial charge in [0.1, 0.15) is 0 Å². The molecule has 1 atom stereocenters. The number of hydrogen-bond donors (Lipinski definition) is 1. The summed E-state index contributed by atoms with van der Waals surface area (Å²) in [7, 11) is 0. The van der Waals surface area contributed by atoms with Crippen molar-refractivity contribution in [3.05, 3.63) is 33.3 Å². The molecule has 0 aliphatic heterocycles. The number of aliphatic hydroxyl groups excluding tert-OH is 1. The molecule has 6 heteroatoms. The second-order valence-electron chi connectivity index (χ2n) is 2.61. The molecule has 0 amide bonds. The fraction of sp³-hybridized carbons (Fsp3) is 0.250. The van der Waals surface area contributed by atoms with Gasteiger partial charge in [-0.15, -0.1) is 0 Å². The highest BCUT2D eigenvalue weighted by molar-refractivity contribution is 9.10. The van der Waals surface area contributed by atoms with Gasteiger partial charge in [-0.3, -0.25) is 0 Å². The highest BCUT2D eigenvalue weighted by Crippen LogP contribution is 2.39. The van der Waals surface area contributed by atoms with Crippen molar-refractivity contribution in [3.63, 3.8) is 0 Å². The molecule has 0 aliphatic carbocycles. The zero-order valence-corrected chi connectivity index (χ0v) is 10.6. The molecule has 1 rings (SSSR count). The van der Waals surface area contributed by atoms with Crippen molar-refractivity contribution in [2.75, 3.05) is 0 Å². The molecule has 1 aromatic rings. The standard InChI is InChI=1S/C8H5Br2ClF2O/c9-4-1-2-6(11)5(3-4)7(14)8(10,12)13/h1-3,7,14H. The predicted octanol–water partition coefficient (Wildman–Crippen LogP) is 4.12. The monoisotopic (exact) mass is 348 g/mol. The predicted molar refractivity (Wildman–Crippen MR) is 58.0 cm³/mol. The van der Waals surface area contributed by atoms with E-state index < -0.39 is 10.9 Å². The van der Waals surface area contributed by atoms with E-state index in [-0.39, 0.29) is 10.6 Å². The highest BCUT2D eigenvalue weighted by Gasteiger charge is 2.37. The van der Waals surface area contributed by atoms with Crippen molar-refractivity contribution in [2.45, 2.75) is 10.9 Å². The van der Waals surface area contributed by atoms with Crippen LogP contribution in [0, 0.1) is 0 Å². The van der Waals surface area contributed by atoms with Crippen molar-refractivity contribution in [3.8, 4) is 0 Å². The van der Waals surface area contributed by atoms with Crippen molar-refractivity contribution >= 4 is 43.5 Å². The molecule has 0 heterocycles. The summed E-state index contributed by atoms with van der Waals surface area (Å²) in [6.07, 6.45) is -1.97. The van der Waals surface area contributed by atoms with E-state index in [4.69, 9.17) is 11.6 Å². The van der Waals surface area contributed by atoms with Crippen LogP contribution >= 0.6 is 43.5 Å². The molecule has 1 nitrogen and oxygen atoms in total. The quantitative estimate of drug-likeness (QED) is 0.796. The Labute approximate surface area is 101 Å². The van der Waals surface area contributed by atoms with Crippen LogP contribution in [0.4, 0.5) is 8.78 Å². The van der Waals surface area contributed by atoms with Crippen LogP contribution < -0.4 is 0 Å². The van der Waals surface area contributed by atoms with Gasteiger partial charge in [0.15, 0.2) is 6.10 Å². The van der Waals surface area contributed by atoms with E-state index in [1.54, 1.807) is 6.07 Å². The molecule has 0 saturated carbocycles. The van der Waals surface area contributed by atoms with E-state index in [0.29, 0.717) is 4.47 Å². The first-order valence-corrected chi connectivity index (χ1v) is 5.48. The third-order valence-electron chi connectivity index (χ3n) is 1.56. The summed E-state index contributed by atoms with van der Waals surface area (Å²) in [6.45, 7) is 0. The summed E-state index contributed by atoms with van der Waals surface area (Å²) >= 11 is 10.8. The average Bonchev–Trinajstić information content (AvgIpc) is 2.06. The van der Waals surface area contributed by atoms with Gasteiger partial charge in [0, 0.05) is 15.1 Å². The minimum Gasteiger partial charge on any atom is -0.381 e. The van der Waals surface area contributed by atoms with Gasteiger partial charge in [-0.2, -0.15) is 8.78 Å². The number of rotatable bonds is 2. The summed E-state index contributed by atoms with van der Waals surface area (Å²) in [5.41, 5.74) is -0.0251. The topological polar surface area (TPSA) is 20.2 Å². The van der Waals surface area contributed by atoms with Gasteiger partial charge in [0.05, 0.1) is 0 Å². The lowest BCUT2D eigenvalue weighted by Crippen LogP contribution is -2.18. The second-order valence-corrected chi connectivity index (χ2v) is 4.99. The second kappa shape index (κ2) is 4.43. The molecule has 1 aromatic carbocycles. The molecule has 78 valence electrons. The molecule has 0 radical (unpaired) electrons. The lowest BCUT2D eigenvalue weighted by Gasteiger charge is -2.17. The van der Waals surface area contributed by atoms with Crippen LogP contribution in [-0.2, 0) is 0 Å². The summed E-state index contributed by atoms with van der Waals surface area (Å²) in [6, 6.07) is 4.38. The number of aliphatic hydroxyl groups is 1. The maximum Gasteiger partial charge on any atom is 0.330 e. The van der Waals surface area contributed by atoms with Gasteiger partial charge >= 0.3 is 4.83 Å². The van der Waals surface area contributed by atoms with Gasteiger partial charge in [0.25, 0.3) is 0 Å². The van der Waals surface area contributed by atoms with E-state index in [9.17, 15) is 13.9 Å². The van der Waals surface area contributed by atoms with E-state index in [2.05, 4.69) is 31.9 Å². The van der Waals surface area contributed by atoms with Crippen LogP contribution in [0.15, 0.2) is 22.7 Å². The zero-order valence-electron chi connectivity index (χ0n) is 6.65. The summed E-state index contributed by atoms with van der Waals surface area (Å²) < 4.78 is 26.0. The van der Waals surface area contributed by atoms with Gasteiger partial charge < -0.3 is 5.11 Å². The number of hydrogen-bond acceptors (Lipinski definition) is 1. The number of benzene rings is 1. The Morgan fingerprint density at radius 1 is 1.43 bits per heavy atom.